The van der Waals surface area contributed by atoms with Crippen LogP contribution in [0.25, 0.3) is 10.6 Å². The third kappa shape index (κ3) is 2.13. The van der Waals surface area contributed by atoms with Gasteiger partial charge in [-0.05, 0) is 6.92 Å². The first-order valence-corrected chi connectivity index (χ1v) is 5.58. The van der Waals surface area contributed by atoms with Crippen molar-refractivity contribution in [3.63, 3.8) is 0 Å². The number of aryl methyl sites for hydroxylation is 1. The normalized spacial score (nSPS) is 10.2. The zero-order valence-electron chi connectivity index (χ0n) is 8.43. The number of rotatable bonds is 3. The fraction of sp³-hybridized carbons (Fsp3) is 0.167. The van der Waals surface area contributed by atoms with Crippen LogP contribution in [0.1, 0.15) is 10.6 Å². The highest BCUT2D eigenvalue weighted by Gasteiger charge is 2.07. The summed E-state index contributed by atoms with van der Waals surface area (Å²) < 4.78 is 0. The number of carbonyl (C=O) groups excluding carboxylic acids is 1. The molecule has 0 N–H and O–H groups in total. The molecule has 1 aromatic heterocycles. The molecule has 0 unspecified atom stereocenters. The van der Waals surface area contributed by atoms with Crippen LogP contribution in [0.2, 0.25) is 0 Å². The fourth-order valence-electron chi connectivity index (χ4n) is 1.40. The van der Waals surface area contributed by atoms with Crippen molar-refractivity contribution in [1.82, 2.24) is 4.98 Å². The van der Waals surface area contributed by atoms with Gasteiger partial charge in [-0.2, -0.15) is 0 Å². The lowest BCUT2D eigenvalue weighted by atomic mass is 10.2. The molecule has 2 rings (SSSR count). The SMILES string of the molecule is Cc1nc(-c2ccccc2)sc1CC=O. The van der Waals surface area contributed by atoms with E-state index < -0.39 is 0 Å². The first kappa shape index (κ1) is 10.1. The predicted octanol–water partition coefficient (Wildman–Crippen LogP) is 2.86. The van der Waals surface area contributed by atoms with E-state index >= 15 is 0 Å². The molecule has 15 heavy (non-hydrogen) atoms. The number of benzene rings is 1. The number of hydrogen-bond acceptors (Lipinski definition) is 3. The zero-order valence-corrected chi connectivity index (χ0v) is 9.25. The predicted molar refractivity (Wildman–Crippen MR) is 62.1 cm³/mol. The van der Waals surface area contributed by atoms with Crippen LogP contribution in [0.5, 0.6) is 0 Å². The van der Waals surface area contributed by atoms with E-state index in [0.29, 0.717) is 6.42 Å². The Labute approximate surface area is 92.6 Å². The molecule has 0 saturated carbocycles. The summed E-state index contributed by atoms with van der Waals surface area (Å²) in [6.07, 6.45) is 1.39. The molecular formula is C12H11NOS. The van der Waals surface area contributed by atoms with Crippen molar-refractivity contribution >= 4 is 17.6 Å². The van der Waals surface area contributed by atoms with Crippen LogP contribution in [0.15, 0.2) is 30.3 Å². The Morgan fingerprint density at radius 2 is 2.07 bits per heavy atom. The molecule has 2 aromatic rings. The number of nitrogens with zero attached hydrogens (tertiary/aromatic N) is 1. The van der Waals surface area contributed by atoms with Crippen molar-refractivity contribution in [2.45, 2.75) is 13.3 Å². The van der Waals surface area contributed by atoms with Crippen molar-refractivity contribution in [3.8, 4) is 10.6 Å². The highest BCUT2D eigenvalue weighted by Crippen LogP contribution is 2.27. The van der Waals surface area contributed by atoms with Crippen molar-refractivity contribution in [2.24, 2.45) is 0 Å². The molecular weight excluding hydrogens is 206 g/mol. The van der Waals surface area contributed by atoms with E-state index in [4.69, 9.17) is 0 Å². The average molecular weight is 217 g/mol. The van der Waals surface area contributed by atoms with Gasteiger partial charge in [-0.25, -0.2) is 4.98 Å². The molecule has 3 heteroatoms. The van der Waals surface area contributed by atoms with Crippen LogP contribution < -0.4 is 0 Å². The lowest BCUT2D eigenvalue weighted by Crippen LogP contribution is -1.83. The van der Waals surface area contributed by atoms with Crippen molar-refractivity contribution in [1.29, 1.82) is 0 Å². The number of thiazole rings is 1. The largest absolute Gasteiger partial charge is 0.303 e. The van der Waals surface area contributed by atoms with Gasteiger partial charge in [-0.15, -0.1) is 11.3 Å². The third-order valence-corrected chi connectivity index (χ3v) is 3.41. The Kier molecular flexibility index (Phi) is 2.92. The van der Waals surface area contributed by atoms with Crippen LogP contribution >= 0.6 is 11.3 Å². The van der Waals surface area contributed by atoms with E-state index in [-0.39, 0.29) is 0 Å². The maximum Gasteiger partial charge on any atom is 0.125 e. The topological polar surface area (TPSA) is 30.0 Å². The molecule has 0 fully saturated rings. The molecule has 1 aromatic carbocycles. The summed E-state index contributed by atoms with van der Waals surface area (Å²) >= 11 is 1.59. The average Bonchev–Trinajstić information content (AvgIpc) is 2.63. The quantitative estimate of drug-likeness (QED) is 0.740. The molecule has 0 saturated heterocycles. The van der Waals surface area contributed by atoms with Gasteiger partial charge in [0.2, 0.25) is 0 Å². The van der Waals surface area contributed by atoms with Crippen LogP contribution in [0.4, 0.5) is 0 Å². The molecule has 0 amide bonds. The van der Waals surface area contributed by atoms with Gasteiger partial charge in [-0.1, -0.05) is 30.3 Å². The molecule has 0 atom stereocenters. The summed E-state index contributed by atoms with van der Waals surface area (Å²) in [5.74, 6) is 0. The van der Waals surface area contributed by atoms with Crippen molar-refractivity contribution in [3.05, 3.63) is 40.9 Å². The van der Waals surface area contributed by atoms with Crippen LogP contribution in [0, 0.1) is 6.92 Å². The lowest BCUT2D eigenvalue weighted by Gasteiger charge is -1.92. The molecule has 2 nitrogen and oxygen atoms in total. The number of hydrogen-bond donors (Lipinski definition) is 0. The number of aromatic nitrogens is 1. The van der Waals surface area contributed by atoms with Gasteiger partial charge in [0.1, 0.15) is 11.3 Å². The summed E-state index contributed by atoms with van der Waals surface area (Å²) in [7, 11) is 0. The summed E-state index contributed by atoms with van der Waals surface area (Å²) in [6.45, 7) is 1.95. The van der Waals surface area contributed by atoms with E-state index in [1.807, 2.05) is 37.3 Å². The molecule has 0 spiro atoms. The van der Waals surface area contributed by atoms with Crippen molar-refractivity contribution in [2.75, 3.05) is 0 Å². The Hall–Kier alpha value is -1.48. The maximum atomic E-state index is 10.5. The van der Waals surface area contributed by atoms with E-state index in [2.05, 4.69) is 4.98 Å². The maximum absolute atomic E-state index is 10.5. The Morgan fingerprint density at radius 3 is 2.73 bits per heavy atom. The number of carbonyl (C=O) groups is 1. The van der Waals surface area contributed by atoms with Gasteiger partial charge in [0.25, 0.3) is 0 Å². The minimum Gasteiger partial charge on any atom is -0.303 e. The summed E-state index contributed by atoms with van der Waals surface area (Å²) in [5, 5.41) is 0.991. The standard InChI is InChI=1S/C12H11NOS/c1-9-11(7-8-14)15-12(13-9)10-5-3-2-4-6-10/h2-6,8H,7H2,1H3. The van der Waals surface area contributed by atoms with Gasteiger partial charge >= 0.3 is 0 Å². The summed E-state index contributed by atoms with van der Waals surface area (Å²) in [6, 6.07) is 10.0. The molecule has 76 valence electrons. The molecule has 0 aliphatic carbocycles. The second kappa shape index (κ2) is 4.36. The van der Waals surface area contributed by atoms with E-state index in [9.17, 15) is 4.79 Å². The first-order chi connectivity index (χ1) is 7.31. The second-order valence-electron chi connectivity index (χ2n) is 3.26. The first-order valence-electron chi connectivity index (χ1n) is 4.76. The van der Waals surface area contributed by atoms with Gasteiger partial charge in [0.05, 0.1) is 5.69 Å². The molecule has 0 radical (unpaired) electrons. The second-order valence-corrected chi connectivity index (χ2v) is 4.35. The minimum absolute atomic E-state index is 0.469. The Balaban J connectivity index is 2.38. The zero-order chi connectivity index (χ0) is 10.7. The van der Waals surface area contributed by atoms with Crippen LogP contribution in [-0.2, 0) is 11.2 Å². The van der Waals surface area contributed by atoms with Crippen molar-refractivity contribution < 1.29 is 4.79 Å². The van der Waals surface area contributed by atoms with Crippen LogP contribution in [0.3, 0.4) is 0 Å². The monoisotopic (exact) mass is 217 g/mol. The smallest absolute Gasteiger partial charge is 0.125 e. The number of aldehydes is 1. The minimum atomic E-state index is 0.469. The van der Waals surface area contributed by atoms with E-state index in [1.165, 1.54) is 0 Å². The molecule has 0 bridgehead atoms. The van der Waals surface area contributed by atoms with E-state index in [0.717, 1.165) is 27.4 Å². The Bertz CT molecular complexity index is 462. The lowest BCUT2D eigenvalue weighted by molar-refractivity contribution is -0.107. The highest BCUT2D eigenvalue weighted by molar-refractivity contribution is 7.15. The molecule has 0 aliphatic rings. The van der Waals surface area contributed by atoms with Gasteiger partial charge in [0, 0.05) is 16.9 Å². The van der Waals surface area contributed by atoms with Gasteiger partial charge < -0.3 is 4.79 Å². The fourth-order valence-corrected chi connectivity index (χ4v) is 2.41. The Morgan fingerprint density at radius 1 is 1.33 bits per heavy atom. The van der Waals surface area contributed by atoms with Crippen LogP contribution in [-0.4, -0.2) is 11.3 Å². The molecule has 0 aliphatic heterocycles. The van der Waals surface area contributed by atoms with E-state index in [1.54, 1.807) is 11.3 Å². The highest BCUT2D eigenvalue weighted by atomic mass is 32.1. The van der Waals surface area contributed by atoms with Gasteiger partial charge in [-0.3, -0.25) is 0 Å². The third-order valence-electron chi connectivity index (χ3n) is 2.18. The summed E-state index contributed by atoms with van der Waals surface area (Å²) in [5.41, 5.74) is 2.08. The molecule has 1 heterocycles. The van der Waals surface area contributed by atoms with Gasteiger partial charge in [0.15, 0.2) is 0 Å². The summed E-state index contributed by atoms with van der Waals surface area (Å²) in [4.78, 5) is 16.0.